The van der Waals surface area contributed by atoms with E-state index >= 15 is 0 Å². The molecule has 2 N–H and O–H groups in total. The fraction of sp³-hybridized carbons (Fsp3) is 1.00. The van der Waals surface area contributed by atoms with Crippen LogP contribution in [0.4, 0.5) is 0 Å². The fourth-order valence-corrected chi connectivity index (χ4v) is 1.84. The highest BCUT2D eigenvalue weighted by atomic mass is 14.6. The average molecular weight is 141 g/mol. The van der Waals surface area contributed by atoms with Crippen LogP contribution in [0.5, 0.6) is 0 Å². The summed E-state index contributed by atoms with van der Waals surface area (Å²) < 4.78 is 0. The van der Waals surface area contributed by atoms with Crippen LogP contribution in [0.25, 0.3) is 0 Å². The lowest BCUT2D eigenvalue weighted by Crippen LogP contribution is -2.21. The van der Waals surface area contributed by atoms with Crippen LogP contribution in [0, 0.1) is 5.92 Å². The van der Waals surface area contributed by atoms with Crippen LogP contribution in [0.3, 0.4) is 0 Å². The summed E-state index contributed by atoms with van der Waals surface area (Å²) in [6.07, 6.45) is 8.19. The van der Waals surface area contributed by atoms with E-state index in [4.69, 9.17) is 5.73 Å². The molecule has 1 saturated carbocycles. The van der Waals surface area contributed by atoms with Gasteiger partial charge in [-0.05, 0) is 18.8 Å². The van der Waals surface area contributed by atoms with Crippen LogP contribution in [0.2, 0.25) is 0 Å². The second-order valence-corrected chi connectivity index (χ2v) is 3.55. The van der Waals surface area contributed by atoms with Crippen molar-refractivity contribution in [2.75, 3.05) is 0 Å². The predicted molar refractivity (Wildman–Crippen MR) is 44.8 cm³/mol. The van der Waals surface area contributed by atoms with Crippen LogP contribution in [-0.2, 0) is 0 Å². The zero-order chi connectivity index (χ0) is 7.40. The highest BCUT2D eigenvalue weighted by Crippen LogP contribution is 2.28. The molecule has 0 aromatic carbocycles. The van der Waals surface area contributed by atoms with Gasteiger partial charge in [0.15, 0.2) is 0 Å². The first kappa shape index (κ1) is 8.06. The van der Waals surface area contributed by atoms with Gasteiger partial charge in [-0.2, -0.15) is 0 Å². The van der Waals surface area contributed by atoms with Gasteiger partial charge >= 0.3 is 0 Å². The first-order chi connectivity index (χ1) is 4.83. The van der Waals surface area contributed by atoms with Gasteiger partial charge in [0.1, 0.15) is 0 Å². The lowest BCUT2D eigenvalue weighted by atomic mass is 9.98. The van der Waals surface area contributed by atoms with E-state index < -0.39 is 0 Å². The predicted octanol–water partition coefficient (Wildman–Crippen LogP) is 2.30. The highest BCUT2D eigenvalue weighted by Gasteiger charge is 2.16. The molecule has 0 amide bonds. The molecule has 0 spiro atoms. The van der Waals surface area contributed by atoms with Crippen molar-refractivity contribution in [2.45, 2.75) is 51.5 Å². The Bertz CT molecular complexity index is 84.7. The molecule has 0 saturated heterocycles. The van der Waals surface area contributed by atoms with Gasteiger partial charge in [-0.25, -0.2) is 0 Å². The summed E-state index contributed by atoms with van der Waals surface area (Å²) in [5, 5.41) is 0. The molecule has 1 atom stereocenters. The highest BCUT2D eigenvalue weighted by molar-refractivity contribution is 4.72. The number of nitrogens with two attached hydrogens (primary N) is 1. The maximum atomic E-state index is 5.85. The van der Waals surface area contributed by atoms with Gasteiger partial charge in [0, 0.05) is 6.04 Å². The number of hydrogen-bond acceptors (Lipinski definition) is 1. The Labute approximate surface area is 64.0 Å². The summed E-state index contributed by atoms with van der Waals surface area (Å²) in [4.78, 5) is 0. The Hall–Kier alpha value is -0.0400. The minimum absolute atomic E-state index is 0.475. The maximum absolute atomic E-state index is 5.85. The van der Waals surface area contributed by atoms with Gasteiger partial charge in [0.2, 0.25) is 0 Å². The number of hydrogen-bond donors (Lipinski definition) is 1. The summed E-state index contributed by atoms with van der Waals surface area (Å²) in [6.45, 7) is 2.18. The van der Waals surface area contributed by atoms with Crippen molar-refractivity contribution in [3.63, 3.8) is 0 Å². The Morgan fingerprint density at radius 1 is 1.40 bits per heavy atom. The van der Waals surface area contributed by atoms with E-state index in [9.17, 15) is 0 Å². The molecule has 0 aromatic heterocycles. The van der Waals surface area contributed by atoms with Crippen LogP contribution in [0.1, 0.15) is 45.4 Å². The zero-order valence-electron chi connectivity index (χ0n) is 6.97. The van der Waals surface area contributed by atoms with Crippen molar-refractivity contribution in [3.05, 3.63) is 0 Å². The molecule has 1 unspecified atom stereocenters. The molecular formula is C9H19N. The first-order valence-corrected chi connectivity index (χ1v) is 4.58. The molecule has 1 rings (SSSR count). The Morgan fingerprint density at radius 3 is 2.50 bits per heavy atom. The van der Waals surface area contributed by atoms with Gasteiger partial charge in [0.05, 0.1) is 0 Å². The SMILES string of the molecule is CCC(N)CC1CCCC1. The largest absolute Gasteiger partial charge is 0.328 e. The molecule has 1 fully saturated rings. The van der Waals surface area contributed by atoms with Crippen LogP contribution < -0.4 is 5.73 Å². The second-order valence-electron chi connectivity index (χ2n) is 3.55. The maximum Gasteiger partial charge on any atom is 0.00388 e. The minimum Gasteiger partial charge on any atom is -0.328 e. The average Bonchev–Trinajstić information content (AvgIpc) is 2.40. The van der Waals surface area contributed by atoms with Crippen molar-refractivity contribution >= 4 is 0 Å². The van der Waals surface area contributed by atoms with Gasteiger partial charge < -0.3 is 5.73 Å². The van der Waals surface area contributed by atoms with Crippen molar-refractivity contribution < 1.29 is 0 Å². The summed E-state index contributed by atoms with van der Waals surface area (Å²) in [6, 6.07) is 0.475. The Kier molecular flexibility index (Phi) is 3.20. The van der Waals surface area contributed by atoms with E-state index in [0.717, 1.165) is 12.3 Å². The van der Waals surface area contributed by atoms with Gasteiger partial charge in [-0.3, -0.25) is 0 Å². The van der Waals surface area contributed by atoms with Gasteiger partial charge in [-0.1, -0.05) is 32.6 Å². The second kappa shape index (κ2) is 3.97. The Morgan fingerprint density at radius 2 is 2.00 bits per heavy atom. The lowest BCUT2D eigenvalue weighted by molar-refractivity contribution is 0.435. The van der Waals surface area contributed by atoms with Crippen LogP contribution >= 0.6 is 0 Å². The van der Waals surface area contributed by atoms with Gasteiger partial charge in [0.25, 0.3) is 0 Å². The van der Waals surface area contributed by atoms with Crippen LogP contribution in [0.15, 0.2) is 0 Å². The summed E-state index contributed by atoms with van der Waals surface area (Å²) >= 11 is 0. The fourth-order valence-electron chi connectivity index (χ4n) is 1.84. The van der Waals surface area contributed by atoms with Crippen molar-refractivity contribution in [3.8, 4) is 0 Å². The quantitative estimate of drug-likeness (QED) is 0.641. The van der Waals surface area contributed by atoms with Crippen molar-refractivity contribution in [1.29, 1.82) is 0 Å². The summed E-state index contributed by atoms with van der Waals surface area (Å²) in [5.74, 6) is 0.968. The van der Waals surface area contributed by atoms with E-state index in [1.54, 1.807) is 0 Å². The Balaban J connectivity index is 2.11. The third-order valence-corrected chi connectivity index (χ3v) is 2.64. The summed E-state index contributed by atoms with van der Waals surface area (Å²) in [7, 11) is 0. The molecule has 0 aliphatic heterocycles. The first-order valence-electron chi connectivity index (χ1n) is 4.58. The molecule has 60 valence electrons. The van der Waals surface area contributed by atoms with E-state index in [0.29, 0.717) is 6.04 Å². The number of rotatable bonds is 3. The van der Waals surface area contributed by atoms with E-state index in [1.165, 1.54) is 32.1 Å². The molecule has 0 heterocycles. The van der Waals surface area contributed by atoms with E-state index in [-0.39, 0.29) is 0 Å². The molecule has 1 nitrogen and oxygen atoms in total. The third kappa shape index (κ3) is 2.30. The monoisotopic (exact) mass is 141 g/mol. The molecule has 0 radical (unpaired) electrons. The van der Waals surface area contributed by atoms with Crippen molar-refractivity contribution in [1.82, 2.24) is 0 Å². The standard InChI is InChI=1S/C9H19N/c1-2-9(10)7-8-5-3-4-6-8/h8-9H,2-7,10H2,1H3. The van der Waals surface area contributed by atoms with Crippen molar-refractivity contribution in [2.24, 2.45) is 11.7 Å². The topological polar surface area (TPSA) is 26.0 Å². The van der Waals surface area contributed by atoms with Crippen LogP contribution in [-0.4, -0.2) is 6.04 Å². The third-order valence-electron chi connectivity index (χ3n) is 2.64. The summed E-state index contributed by atoms with van der Waals surface area (Å²) in [5.41, 5.74) is 5.85. The zero-order valence-corrected chi connectivity index (χ0v) is 6.97. The minimum atomic E-state index is 0.475. The van der Waals surface area contributed by atoms with E-state index in [2.05, 4.69) is 6.92 Å². The molecule has 0 aromatic rings. The molecule has 10 heavy (non-hydrogen) atoms. The molecule has 1 heteroatoms. The normalized spacial score (nSPS) is 23.4. The lowest BCUT2D eigenvalue weighted by Gasteiger charge is -2.13. The smallest absolute Gasteiger partial charge is 0.00388 e. The molecule has 0 bridgehead atoms. The molecular weight excluding hydrogens is 122 g/mol. The van der Waals surface area contributed by atoms with Gasteiger partial charge in [-0.15, -0.1) is 0 Å². The molecule has 1 aliphatic carbocycles. The molecule has 1 aliphatic rings. The van der Waals surface area contributed by atoms with E-state index in [1.807, 2.05) is 0 Å².